The molecule has 0 aliphatic heterocycles. The van der Waals surface area contributed by atoms with Gasteiger partial charge in [0.05, 0.1) is 0 Å². The average molecular weight is 323 g/mol. The van der Waals surface area contributed by atoms with Gasteiger partial charge in [-0.15, -0.1) is 0 Å². The van der Waals surface area contributed by atoms with Crippen LogP contribution in [0.3, 0.4) is 0 Å². The minimum Gasteiger partial charge on any atom is -0.342 e. The van der Waals surface area contributed by atoms with Crippen LogP contribution < -0.4 is 5.73 Å². The van der Waals surface area contributed by atoms with Crippen LogP contribution >= 0.6 is 11.6 Å². The summed E-state index contributed by atoms with van der Waals surface area (Å²) in [7, 11) is 1.74. The molecule has 1 aromatic carbocycles. The van der Waals surface area contributed by atoms with Crippen LogP contribution in [0, 0.1) is 0 Å². The van der Waals surface area contributed by atoms with Crippen molar-refractivity contribution >= 4 is 17.5 Å². The highest BCUT2D eigenvalue weighted by Gasteiger charge is 2.16. The molecule has 1 heterocycles. The van der Waals surface area contributed by atoms with Crippen LogP contribution in [0.4, 0.5) is 0 Å². The molecule has 2 N–H and O–H groups in total. The molecule has 0 aliphatic rings. The molecular formula is C15H19ClN4O2. The lowest BCUT2D eigenvalue weighted by Gasteiger charge is -2.23. The van der Waals surface area contributed by atoms with Gasteiger partial charge >= 0.3 is 0 Å². The van der Waals surface area contributed by atoms with Gasteiger partial charge in [-0.3, -0.25) is 4.79 Å². The van der Waals surface area contributed by atoms with Crippen molar-refractivity contribution in [3.63, 3.8) is 0 Å². The summed E-state index contributed by atoms with van der Waals surface area (Å²) >= 11 is 5.84. The molecule has 7 heteroatoms. The molecule has 0 aliphatic carbocycles. The highest BCUT2D eigenvalue weighted by atomic mass is 35.5. The number of carbonyl (C=O) groups is 1. The molecule has 118 valence electrons. The quantitative estimate of drug-likeness (QED) is 0.880. The number of nitrogens with two attached hydrogens (primary N) is 1. The smallest absolute Gasteiger partial charge is 0.227 e. The van der Waals surface area contributed by atoms with Crippen molar-refractivity contribution in [1.29, 1.82) is 0 Å². The predicted octanol–water partition coefficient (Wildman–Crippen LogP) is 2.13. The van der Waals surface area contributed by atoms with Crippen LogP contribution in [-0.2, 0) is 11.2 Å². The minimum absolute atomic E-state index is 0.00388. The fourth-order valence-electron chi connectivity index (χ4n) is 1.87. The molecule has 1 unspecified atom stereocenters. The molecular weight excluding hydrogens is 304 g/mol. The zero-order valence-electron chi connectivity index (χ0n) is 12.6. The summed E-state index contributed by atoms with van der Waals surface area (Å²) < 4.78 is 5.18. The molecule has 22 heavy (non-hydrogen) atoms. The number of likely N-dealkylation sites (N-methyl/N-ethyl adjacent to an activating group) is 1. The number of amides is 1. The first-order chi connectivity index (χ1) is 10.5. The second-order valence-corrected chi connectivity index (χ2v) is 5.54. The van der Waals surface area contributed by atoms with E-state index in [1.54, 1.807) is 24.1 Å². The number of nitrogens with zero attached hydrogens (tertiary/aromatic N) is 3. The van der Waals surface area contributed by atoms with Crippen LogP contribution in [0.1, 0.15) is 19.2 Å². The third-order valence-corrected chi connectivity index (χ3v) is 3.77. The molecule has 2 rings (SSSR count). The summed E-state index contributed by atoms with van der Waals surface area (Å²) in [6.07, 6.45) is 0.712. The summed E-state index contributed by atoms with van der Waals surface area (Å²) in [6.45, 7) is 2.34. The van der Waals surface area contributed by atoms with E-state index in [0.717, 1.165) is 5.56 Å². The Labute approximate surface area is 134 Å². The van der Waals surface area contributed by atoms with E-state index in [2.05, 4.69) is 10.1 Å². The Morgan fingerprint density at radius 3 is 2.73 bits per heavy atom. The highest BCUT2D eigenvalue weighted by molar-refractivity contribution is 6.30. The molecule has 1 atom stereocenters. The lowest BCUT2D eigenvalue weighted by atomic mass is 10.2. The van der Waals surface area contributed by atoms with Crippen LogP contribution in [0.2, 0.25) is 5.02 Å². The molecule has 2 aromatic rings. The average Bonchev–Trinajstić information content (AvgIpc) is 3.00. The molecule has 0 saturated carbocycles. The summed E-state index contributed by atoms with van der Waals surface area (Å²) in [4.78, 5) is 17.9. The van der Waals surface area contributed by atoms with Gasteiger partial charge in [-0.05, 0) is 31.2 Å². The van der Waals surface area contributed by atoms with Gasteiger partial charge in [0.1, 0.15) is 0 Å². The number of hydrogen-bond donors (Lipinski definition) is 1. The molecule has 1 amide bonds. The van der Waals surface area contributed by atoms with E-state index in [1.807, 2.05) is 19.1 Å². The largest absolute Gasteiger partial charge is 0.342 e. The summed E-state index contributed by atoms with van der Waals surface area (Å²) in [5.74, 6) is 0.930. The molecule has 0 radical (unpaired) electrons. The van der Waals surface area contributed by atoms with Crippen molar-refractivity contribution in [3.05, 3.63) is 35.2 Å². The van der Waals surface area contributed by atoms with Gasteiger partial charge < -0.3 is 15.2 Å². The van der Waals surface area contributed by atoms with Gasteiger partial charge in [-0.1, -0.05) is 16.8 Å². The molecule has 1 aromatic heterocycles. The molecule has 0 fully saturated rings. The van der Waals surface area contributed by atoms with E-state index in [0.29, 0.717) is 36.1 Å². The van der Waals surface area contributed by atoms with E-state index in [-0.39, 0.29) is 11.9 Å². The van der Waals surface area contributed by atoms with Crippen LogP contribution in [0.25, 0.3) is 11.4 Å². The zero-order chi connectivity index (χ0) is 16.1. The van der Waals surface area contributed by atoms with Crippen LogP contribution in [-0.4, -0.2) is 40.6 Å². The first kappa shape index (κ1) is 16.5. The van der Waals surface area contributed by atoms with Gasteiger partial charge in [-0.2, -0.15) is 4.98 Å². The Bertz CT molecular complexity index is 627. The van der Waals surface area contributed by atoms with E-state index >= 15 is 0 Å². The van der Waals surface area contributed by atoms with Gasteiger partial charge in [0, 0.05) is 43.1 Å². The minimum atomic E-state index is 0.00388. The lowest BCUT2D eigenvalue weighted by Crippen LogP contribution is -2.39. The number of halogens is 1. The Hall–Kier alpha value is -1.92. The first-order valence-corrected chi connectivity index (χ1v) is 7.43. The van der Waals surface area contributed by atoms with Crippen molar-refractivity contribution in [2.24, 2.45) is 5.73 Å². The first-order valence-electron chi connectivity index (χ1n) is 7.05. The van der Waals surface area contributed by atoms with Gasteiger partial charge in [0.15, 0.2) is 0 Å². The Balaban J connectivity index is 1.95. The third kappa shape index (κ3) is 4.05. The second-order valence-electron chi connectivity index (χ2n) is 5.11. The lowest BCUT2D eigenvalue weighted by molar-refractivity contribution is -0.131. The summed E-state index contributed by atoms with van der Waals surface area (Å²) in [5, 5.41) is 4.56. The highest BCUT2D eigenvalue weighted by Crippen LogP contribution is 2.19. The van der Waals surface area contributed by atoms with Gasteiger partial charge in [0.2, 0.25) is 17.6 Å². The van der Waals surface area contributed by atoms with E-state index in [9.17, 15) is 4.79 Å². The molecule has 0 saturated heterocycles. The number of benzene rings is 1. The Morgan fingerprint density at radius 1 is 1.41 bits per heavy atom. The number of hydrogen-bond acceptors (Lipinski definition) is 5. The number of rotatable bonds is 6. The fraction of sp³-hybridized carbons (Fsp3) is 0.400. The third-order valence-electron chi connectivity index (χ3n) is 3.52. The van der Waals surface area contributed by atoms with E-state index < -0.39 is 0 Å². The Kier molecular flexibility index (Phi) is 5.51. The fourth-order valence-corrected chi connectivity index (χ4v) is 1.99. The number of carbonyl (C=O) groups excluding carboxylic acids is 1. The van der Waals surface area contributed by atoms with Crippen LogP contribution in [0.5, 0.6) is 0 Å². The van der Waals surface area contributed by atoms with Crippen LogP contribution in [0.15, 0.2) is 28.8 Å². The monoisotopic (exact) mass is 322 g/mol. The molecule has 0 spiro atoms. The standard InChI is InChI=1S/C15H19ClN4O2/c1-10(9-17)20(2)14(21)8-7-13-18-15(19-22-13)11-3-5-12(16)6-4-11/h3-6,10H,7-9,17H2,1-2H3. The number of aryl methyl sites for hydroxylation is 1. The summed E-state index contributed by atoms with van der Waals surface area (Å²) in [5.41, 5.74) is 6.37. The zero-order valence-corrected chi connectivity index (χ0v) is 13.4. The van der Waals surface area contributed by atoms with Gasteiger partial charge in [-0.25, -0.2) is 0 Å². The van der Waals surface area contributed by atoms with E-state index in [1.165, 1.54) is 0 Å². The Morgan fingerprint density at radius 2 is 2.09 bits per heavy atom. The predicted molar refractivity (Wildman–Crippen MR) is 84.4 cm³/mol. The maximum absolute atomic E-state index is 12.0. The van der Waals surface area contributed by atoms with E-state index in [4.69, 9.17) is 21.9 Å². The molecule has 0 bridgehead atoms. The number of aromatic nitrogens is 2. The topological polar surface area (TPSA) is 85.2 Å². The van der Waals surface area contributed by atoms with Crippen molar-refractivity contribution < 1.29 is 9.32 Å². The van der Waals surface area contributed by atoms with Gasteiger partial charge in [0.25, 0.3) is 0 Å². The maximum atomic E-state index is 12.0. The van der Waals surface area contributed by atoms with Crippen molar-refractivity contribution in [2.75, 3.05) is 13.6 Å². The maximum Gasteiger partial charge on any atom is 0.227 e. The summed E-state index contributed by atoms with van der Waals surface area (Å²) in [6, 6.07) is 7.18. The normalized spacial score (nSPS) is 12.2. The SMILES string of the molecule is CC(CN)N(C)C(=O)CCc1nc(-c2ccc(Cl)cc2)no1. The van der Waals surface area contributed by atoms with Crippen molar-refractivity contribution in [1.82, 2.24) is 15.0 Å². The van der Waals surface area contributed by atoms with Crippen molar-refractivity contribution in [3.8, 4) is 11.4 Å². The second kappa shape index (κ2) is 7.38. The molecule has 6 nitrogen and oxygen atoms in total. The van der Waals surface area contributed by atoms with Crippen molar-refractivity contribution in [2.45, 2.75) is 25.8 Å².